The number of H-pyrrole nitrogens is 1. The minimum Gasteiger partial charge on any atom is -0.480 e. The number of carbonyl (C=O) groups excluding carboxylic acids is 1. The largest absolute Gasteiger partial charge is 0.480 e. The molecule has 1 amide bonds. The Balaban J connectivity index is 2.29. The Labute approximate surface area is 103 Å². The van der Waals surface area contributed by atoms with E-state index in [4.69, 9.17) is 5.11 Å². The zero-order chi connectivity index (χ0) is 13.1. The number of aromatic nitrogens is 1. The Morgan fingerprint density at radius 3 is 2.83 bits per heavy atom. The van der Waals surface area contributed by atoms with E-state index < -0.39 is 23.5 Å². The molecule has 96 valence electrons. The van der Waals surface area contributed by atoms with E-state index in [2.05, 4.69) is 4.98 Å². The first kappa shape index (κ1) is 12.3. The number of pyridine rings is 1. The molecule has 1 aromatic heterocycles. The van der Waals surface area contributed by atoms with Crippen LogP contribution in [0.4, 0.5) is 0 Å². The molecule has 0 aromatic carbocycles. The number of nitrogens with zero attached hydrogens (tertiary/aromatic N) is 1. The predicted molar refractivity (Wildman–Crippen MR) is 63.4 cm³/mol. The number of rotatable bonds is 2. The normalized spacial score (nSPS) is 19.6. The molecule has 1 aliphatic heterocycles. The van der Waals surface area contributed by atoms with E-state index in [1.165, 1.54) is 17.2 Å². The van der Waals surface area contributed by atoms with Crippen LogP contribution in [0.5, 0.6) is 0 Å². The zero-order valence-electron chi connectivity index (χ0n) is 9.76. The molecule has 2 heterocycles. The van der Waals surface area contributed by atoms with E-state index in [0.29, 0.717) is 13.0 Å². The molecular formula is C12H14N2O4. The Morgan fingerprint density at radius 2 is 2.17 bits per heavy atom. The quantitative estimate of drug-likeness (QED) is 0.797. The van der Waals surface area contributed by atoms with Crippen molar-refractivity contribution >= 4 is 11.9 Å². The van der Waals surface area contributed by atoms with Crippen molar-refractivity contribution < 1.29 is 14.7 Å². The highest BCUT2D eigenvalue weighted by Gasteiger charge is 2.33. The standard InChI is InChI=1S/C12H14N2O4/c15-10-8(4-3-6-13-10)11(16)14-7-2-1-5-9(14)12(17)18/h3-4,6,9H,1-2,5,7H2,(H,13,15)(H,17,18)/t9-/m0/s1. The van der Waals surface area contributed by atoms with E-state index in [9.17, 15) is 14.4 Å². The SMILES string of the molecule is O=C(O)[C@@H]1CCCCN1C(=O)c1ccc[nH]c1=O. The second-order valence-electron chi connectivity index (χ2n) is 4.26. The number of carbonyl (C=O) groups is 2. The van der Waals surface area contributed by atoms with Crippen LogP contribution < -0.4 is 5.56 Å². The molecule has 1 fully saturated rings. The van der Waals surface area contributed by atoms with Crippen molar-refractivity contribution in [3.05, 3.63) is 34.2 Å². The molecule has 1 atom stereocenters. The van der Waals surface area contributed by atoms with Crippen LogP contribution in [0.25, 0.3) is 0 Å². The molecule has 0 aliphatic carbocycles. The molecular weight excluding hydrogens is 236 g/mol. The lowest BCUT2D eigenvalue weighted by atomic mass is 10.0. The summed E-state index contributed by atoms with van der Waals surface area (Å²) >= 11 is 0. The number of amides is 1. The van der Waals surface area contributed by atoms with Crippen LogP contribution in [0.1, 0.15) is 29.6 Å². The average molecular weight is 250 g/mol. The van der Waals surface area contributed by atoms with Crippen molar-refractivity contribution in [1.82, 2.24) is 9.88 Å². The van der Waals surface area contributed by atoms with Crippen LogP contribution in [0, 0.1) is 0 Å². The maximum Gasteiger partial charge on any atom is 0.326 e. The fourth-order valence-electron chi connectivity index (χ4n) is 2.18. The number of aromatic amines is 1. The summed E-state index contributed by atoms with van der Waals surface area (Å²) in [6.07, 6.45) is 3.42. The van der Waals surface area contributed by atoms with Gasteiger partial charge in [0.25, 0.3) is 11.5 Å². The van der Waals surface area contributed by atoms with Crippen LogP contribution in [-0.2, 0) is 4.79 Å². The summed E-state index contributed by atoms with van der Waals surface area (Å²) in [5.74, 6) is -1.53. The minimum absolute atomic E-state index is 0.00866. The first-order valence-electron chi connectivity index (χ1n) is 5.82. The van der Waals surface area contributed by atoms with Gasteiger partial charge in [0.1, 0.15) is 11.6 Å². The number of aliphatic carboxylic acids is 1. The second kappa shape index (κ2) is 5.03. The summed E-state index contributed by atoms with van der Waals surface area (Å²) in [5, 5.41) is 9.09. The van der Waals surface area contributed by atoms with Crippen LogP contribution in [0.15, 0.2) is 23.1 Å². The molecule has 1 aromatic rings. The third-order valence-corrected chi connectivity index (χ3v) is 3.10. The first-order chi connectivity index (χ1) is 8.61. The minimum atomic E-state index is -1.02. The van der Waals surface area contributed by atoms with E-state index in [0.717, 1.165) is 12.8 Å². The first-order valence-corrected chi connectivity index (χ1v) is 5.82. The summed E-state index contributed by atoms with van der Waals surface area (Å²) in [6.45, 7) is 0.379. The monoisotopic (exact) mass is 250 g/mol. The highest BCUT2D eigenvalue weighted by molar-refractivity contribution is 5.96. The van der Waals surface area contributed by atoms with Crippen molar-refractivity contribution in [3.8, 4) is 0 Å². The van der Waals surface area contributed by atoms with Crippen molar-refractivity contribution in [2.45, 2.75) is 25.3 Å². The van der Waals surface area contributed by atoms with Gasteiger partial charge in [-0.1, -0.05) is 0 Å². The molecule has 6 nitrogen and oxygen atoms in total. The number of likely N-dealkylation sites (tertiary alicyclic amines) is 1. The summed E-state index contributed by atoms with van der Waals surface area (Å²) in [6, 6.07) is 2.13. The summed E-state index contributed by atoms with van der Waals surface area (Å²) in [4.78, 5) is 38.5. The van der Waals surface area contributed by atoms with Crippen LogP contribution >= 0.6 is 0 Å². The molecule has 1 aliphatic rings. The summed E-state index contributed by atoms with van der Waals surface area (Å²) in [7, 11) is 0. The fraction of sp³-hybridized carbons (Fsp3) is 0.417. The number of carboxylic acid groups (broad SMARTS) is 1. The molecule has 6 heteroatoms. The molecule has 0 radical (unpaired) electrons. The molecule has 0 unspecified atom stereocenters. The van der Waals surface area contributed by atoms with Gasteiger partial charge in [-0.15, -0.1) is 0 Å². The Morgan fingerprint density at radius 1 is 1.39 bits per heavy atom. The van der Waals surface area contributed by atoms with Gasteiger partial charge in [0.05, 0.1) is 0 Å². The summed E-state index contributed by atoms with van der Waals surface area (Å²) < 4.78 is 0. The molecule has 0 spiro atoms. The Kier molecular flexibility index (Phi) is 3.45. The predicted octanol–water partition coefficient (Wildman–Crippen LogP) is 0.454. The van der Waals surface area contributed by atoms with Crippen molar-refractivity contribution in [1.29, 1.82) is 0 Å². The molecule has 2 N–H and O–H groups in total. The van der Waals surface area contributed by atoms with Gasteiger partial charge in [-0.25, -0.2) is 4.79 Å². The maximum atomic E-state index is 12.2. The lowest BCUT2D eigenvalue weighted by Gasteiger charge is -2.32. The number of piperidine rings is 1. The lowest BCUT2D eigenvalue weighted by Crippen LogP contribution is -2.49. The maximum absolute atomic E-state index is 12.2. The van der Waals surface area contributed by atoms with Crippen molar-refractivity contribution in [2.24, 2.45) is 0 Å². The van der Waals surface area contributed by atoms with Crippen LogP contribution in [0.2, 0.25) is 0 Å². The molecule has 2 rings (SSSR count). The van der Waals surface area contributed by atoms with Gasteiger partial charge in [0.2, 0.25) is 0 Å². The van der Waals surface area contributed by atoms with E-state index in [1.54, 1.807) is 6.07 Å². The van der Waals surface area contributed by atoms with Crippen LogP contribution in [-0.4, -0.2) is 39.5 Å². The van der Waals surface area contributed by atoms with Crippen molar-refractivity contribution in [3.63, 3.8) is 0 Å². The molecule has 0 bridgehead atoms. The number of hydrogen-bond acceptors (Lipinski definition) is 3. The van der Waals surface area contributed by atoms with Gasteiger partial charge < -0.3 is 15.0 Å². The topological polar surface area (TPSA) is 90.5 Å². The lowest BCUT2D eigenvalue weighted by molar-refractivity contribution is -0.143. The van der Waals surface area contributed by atoms with Gasteiger partial charge in [0.15, 0.2) is 0 Å². The molecule has 0 saturated carbocycles. The highest BCUT2D eigenvalue weighted by Crippen LogP contribution is 2.18. The van der Waals surface area contributed by atoms with E-state index >= 15 is 0 Å². The molecule has 18 heavy (non-hydrogen) atoms. The number of carboxylic acids is 1. The fourth-order valence-corrected chi connectivity index (χ4v) is 2.18. The van der Waals surface area contributed by atoms with Gasteiger partial charge in [-0.05, 0) is 31.4 Å². The third kappa shape index (κ3) is 2.27. The van der Waals surface area contributed by atoms with Gasteiger partial charge in [-0.3, -0.25) is 9.59 Å². The second-order valence-corrected chi connectivity index (χ2v) is 4.26. The molecule has 1 saturated heterocycles. The van der Waals surface area contributed by atoms with Gasteiger partial charge in [-0.2, -0.15) is 0 Å². The van der Waals surface area contributed by atoms with Crippen molar-refractivity contribution in [2.75, 3.05) is 6.54 Å². The number of nitrogens with one attached hydrogen (secondary N) is 1. The van der Waals surface area contributed by atoms with Gasteiger partial charge >= 0.3 is 5.97 Å². The van der Waals surface area contributed by atoms with Crippen LogP contribution in [0.3, 0.4) is 0 Å². The Hall–Kier alpha value is -2.11. The van der Waals surface area contributed by atoms with Gasteiger partial charge in [0, 0.05) is 12.7 Å². The average Bonchev–Trinajstić information content (AvgIpc) is 2.38. The van der Waals surface area contributed by atoms with E-state index in [1.807, 2.05) is 0 Å². The number of hydrogen-bond donors (Lipinski definition) is 2. The highest BCUT2D eigenvalue weighted by atomic mass is 16.4. The Bertz CT molecular complexity index is 523. The summed E-state index contributed by atoms with van der Waals surface area (Å²) in [5.41, 5.74) is -0.497. The van der Waals surface area contributed by atoms with E-state index in [-0.39, 0.29) is 5.56 Å². The third-order valence-electron chi connectivity index (χ3n) is 3.10. The zero-order valence-corrected chi connectivity index (χ0v) is 9.76. The smallest absolute Gasteiger partial charge is 0.326 e.